The quantitative estimate of drug-likeness (QED) is 0.215. The Kier molecular flexibility index (Phi) is 9.82. The highest BCUT2D eigenvalue weighted by atomic mass is 16.7. The molecule has 216 valence electrons. The molecule has 4 rings (SSSR count). The van der Waals surface area contributed by atoms with Gasteiger partial charge in [-0.05, 0) is 0 Å². The lowest BCUT2D eigenvalue weighted by atomic mass is 9.90. The summed E-state index contributed by atoms with van der Waals surface area (Å²) in [5.74, 6) is 0. The molecule has 0 aromatic carbocycles. The second-order valence-corrected chi connectivity index (χ2v) is 11.4. The fourth-order valence-electron chi connectivity index (χ4n) is 5.01. The van der Waals surface area contributed by atoms with Crippen molar-refractivity contribution in [2.45, 2.75) is 75.1 Å². The molecule has 0 saturated carbocycles. The minimum absolute atomic E-state index is 0.0460. The van der Waals surface area contributed by atoms with Gasteiger partial charge in [-0.3, -0.25) is 0 Å². The minimum atomic E-state index is -1.17. The Morgan fingerprint density at radius 3 is 1.65 bits per heavy atom. The highest BCUT2D eigenvalue weighted by molar-refractivity contribution is 4.97. The first-order valence-corrected chi connectivity index (χ1v) is 12.8. The van der Waals surface area contributed by atoms with E-state index >= 15 is 0 Å². The van der Waals surface area contributed by atoms with Crippen molar-refractivity contribution < 1.29 is 52.8 Å². The molecule has 0 amide bonds. The maximum Gasteiger partial charge on any atom is 0.176 e. The maximum atomic E-state index is 11.0. The average Bonchev–Trinajstić information content (AvgIpc) is 2.84. The molecule has 0 bridgehead atoms. The number of methoxy groups -OCH3 is 2. The van der Waals surface area contributed by atoms with Gasteiger partial charge >= 0.3 is 0 Å². The number of ether oxygens (including phenoxy) is 9. The standard InChI is InChI=1S/C24H44N2O11/c1-23(9-33-10-23)7-31-5-13-19(29-3)17(27)16(26)22(36-13)37-20-14(6-32-8-24(2)11-34-12-24)35-21(30-4)15(25)18(20)28/h13-22,27-28H,5-12,25-26H2,1-4H3. The molecule has 4 saturated heterocycles. The van der Waals surface area contributed by atoms with Gasteiger partial charge in [0.2, 0.25) is 0 Å². The lowest BCUT2D eigenvalue weighted by Gasteiger charge is -2.47. The molecule has 4 aliphatic rings. The molecular formula is C24H44N2O11. The molecule has 0 aliphatic carbocycles. The molecule has 10 unspecified atom stereocenters. The van der Waals surface area contributed by atoms with Crippen LogP contribution >= 0.6 is 0 Å². The summed E-state index contributed by atoms with van der Waals surface area (Å²) < 4.78 is 51.4. The van der Waals surface area contributed by atoms with Gasteiger partial charge in [0.05, 0.1) is 64.9 Å². The van der Waals surface area contributed by atoms with Crippen molar-refractivity contribution in [3.8, 4) is 0 Å². The van der Waals surface area contributed by atoms with Crippen molar-refractivity contribution in [1.82, 2.24) is 0 Å². The van der Waals surface area contributed by atoms with Gasteiger partial charge in [-0.15, -0.1) is 0 Å². The van der Waals surface area contributed by atoms with E-state index in [9.17, 15) is 10.2 Å². The molecule has 0 aromatic heterocycles. The number of aliphatic hydroxyl groups excluding tert-OH is 2. The summed E-state index contributed by atoms with van der Waals surface area (Å²) in [5, 5.41) is 21.9. The third-order valence-corrected chi connectivity index (χ3v) is 7.50. The molecule has 13 nitrogen and oxygen atoms in total. The van der Waals surface area contributed by atoms with E-state index in [1.165, 1.54) is 14.2 Å². The second-order valence-electron chi connectivity index (χ2n) is 11.4. The number of aliphatic hydroxyl groups is 2. The average molecular weight is 537 g/mol. The molecule has 0 radical (unpaired) electrons. The molecule has 6 N–H and O–H groups in total. The summed E-state index contributed by atoms with van der Waals surface area (Å²) in [4.78, 5) is 0. The van der Waals surface area contributed by atoms with Crippen molar-refractivity contribution in [3.63, 3.8) is 0 Å². The van der Waals surface area contributed by atoms with Crippen molar-refractivity contribution in [2.75, 3.05) is 67.1 Å². The van der Waals surface area contributed by atoms with Crippen LogP contribution < -0.4 is 11.5 Å². The Morgan fingerprint density at radius 2 is 1.19 bits per heavy atom. The van der Waals surface area contributed by atoms with Gasteiger partial charge < -0.3 is 64.3 Å². The lowest BCUT2D eigenvalue weighted by molar-refractivity contribution is -0.331. The van der Waals surface area contributed by atoms with Crippen LogP contribution in [-0.4, -0.2) is 139 Å². The summed E-state index contributed by atoms with van der Waals surface area (Å²) in [5.41, 5.74) is 12.4. The number of nitrogens with two attached hydrogens (primary N) is 2. The molecule has 0 aromatic rings. The summed E-state index contributed by atoms with van der Waals surface area (Å²) >= 11 is 0. The van der Waals surface area contributed by atoms with Crippen molar-refractivity contribution in [1.29, 1.82) is 0 Å². The van der Waals surface area contributed by atoms with Crippen LogP contribution in [0.4, 0.5) is 0 Å². The molecule has 10 atom stereocenters. The fourth-order valence-corrected chi connectivity index (χ4v) is 5.01. The Balaban J connectivity index is 1.41. The van der Waals surface area contributed by atoms with Gasteiger partial charge in [-0.2, -0.15) is 0 Å². The van der Waals surface area contributed by atoms with E-state index in [0.717, 1.165) is 0 Å². The molecular weight excluding hydrogens is 492 g/mol. The highest BCUT2D eigenvalue weighted by Crippen LogP contribution is 2.32. The van der Waals surface area contributed by atoms with Crippen LogP contribution in [0.25, 0.3) is 0 Å². The van der Waals surface area contributed by atoms with Gasteiger partial charge in [-0.1, -0.05) is 13.8 Å². The summed E-state index contributed by atoms with van der Waals surface area (Å²) in [6, 6.07) is -1.85. The van der Waals surface area contributed by atoms with Crippen LogP contribution in [0.15, 0.2) is 0 Å². The van der Waals surface area contributed by atoms with Gasteiger partial charge in [0.15, 0.2) is 12.6 Å². The molecule has 13 heteroatoms. The Bertz CT molecular complexity index is 725. The fraction of sp³-hybridized carbons (Fsp3) is 1.00. The first kappa shape index (κ1) is 29.5. The van der Waals surface area contributed by atoms with E-state index in [4.69, 9.17) is 54.1 Å². The maximum absolute atomic E-state index is 11.0. The first-order valence-electron chi connectivity index (χ1n) is 12.8. The Morgan fingerprint density at radius 1 is 0.730 bits per heavy atom. The topological polar surface area (TPSA) is 176 Å². The molecule has 0 spiro atoms. The van der Waals surface area contributed by atoms with Gasteiger partial charge in [0.1, 0.15) is 36.6 Å². The molecule has 37 heavy (non-hydrogen) atoms. The van der Waals surface area contributed by atoms with E-state index in [0.29, 0.717) is 39.6 Å². The Hall–Kier alpha value is -0.520. The van der Waals surface area contributed by atoms with E-state index < -0.39 is 61.3 Å². The zero-order valence-electron chi connectivity index (χ0n) is 22.2. The zero-order valence-corrected chi connectivity index (χ0v) is 22.2. The molecule has 4 heterocycles. The van der Waals surface area contributed by atoms with Crippen LogP contribution in [0.3, 0.4) is 0 Å². The van der Waals surface area contributed by atoms with Crippen LogP contribution in [0.5, 0.6) is 0 Å². The third kappa shape index (κ3) is 6.62. The van der Waals surface area contributed by atoms with Gasteiger partial charge in [0, 0.05) is 25.0 Å². The predicted molar refractivity (Wildman–Crippen MR) is 127 cm³/mol. The van der Waals surface area contributed by atoms with Gasteiger partial charge in [0.25, 0.3) is 0 Å². The number of rotatable bonds is 12. The smallest absolute Gasteiger partial charge is 0.176 e. The third-order valence-electron chi connectivity index (χ3n) is 7.50. The molecule has 4 fully saturated rings. The first-order chi connectivity index (χ1) is 17.6. The van der Waals surface area contributed by atoms with E-state index in [1.54, 1.807) is 0 Å². The van der Waals surface area contributed by atoms with Crippen LogP contribution in [0, 0.1) is 10.8 Å². The molecule has 4 aliphatic heterocycles. The Labute approximate surface area is 217 Å². The lowest BCUT2D eigenvalue weighted by Crippen LogP contribution is -2.68. The second kappa shape index (κ2) is 12.3. The predicted octanol–water partition coefficient (Wildman–Crippen LogP) is -2.03. The SMILES string of the molecule is COC1OC(COCC2(C)COC2)C(OC2OC(COCC3(C)COC3)C(OC)C(O)C2N)C(O)C1N. The summed E-state index contributed by atoms with van der Waals surface area (Å²) in [7, 11) is 2.92. The number of hydrogen-bond acceptors (Lipinski definition) is 13. The van der Waals surface area contributed by atoms with Crippen molar-refractivity contribution in [2.24, 2.45) is 22.3 Å². The number of hydrogen-bond donors (Lipinski definition) is 4. The van der Waals surface area contributed by atoms with Crippen molar-refractivity contribution in [3.05, 3.63) is 0 Å². The van der Waals surface area contributed by atoms with Crippen LogP contribution in [-0.2, 0) is 42.6 Å². The summed E-state index contributed by atoms with van der Waals surface area (Å²) in [6.07, 6.45) is -7.29. The largest absolute Gasteiger partial charge is 0.388 e. The van der Waals surface area contributed by atoms with Crippen LogP contribution in [0.1, 0.15) is 13.8 Å². The minimum Gasteiger partial charge on any atom is -0.388 e. The van der Waals surface area contributed by atoms with Gasteiger partial charge in [-0.25, -0.2) is 0 Å². The van der Waals surface area contributed by atoms with Crippen LogP contribution in [0.2, 0.25) is 0 Å². The normalized spacial score (nSPS) is 43.1. The highest BCUT2D eigenvalue weighted by Gasteiger charge is 2.50. The van der Waals surface area contributed by atoms with Crippen molar-refractivity contribution >= 4 is 0 Å². The van der Waals surface area contributed by atoms with E-state index in [2.05, 4.69) is 13.8 Å². The monoisotopic (exact) mass is 536 g/mol. The summed E-state index contributed by atoms with van der Waals surface area (Å²) in [6.45, 7) is 7.83. The van der Waals surface area contributed by atoms with E-state index in [1.807, 2.05) is 0 Å². The van der Waals surface area contributed by atoms with E-state index in [-0.39, 0.29) is 24.0 Å². The zero-order chi connectivity index (χ0) is 26.8.